The molecule has 1 N–H and O–H groups in total. The van der Waals surface area contributed by atoms with Gasteiger partial charge in [-0.1, -0.05) is 19.1 Å². The van der Waals surface area contributed by atoms with Gasteiger partial charge in [0.25, 0.3) is 0 Å². The Hall–Kier alpha value is -3.13. The third-order valence-corrected chi connectivity index (χ3v) is 5.64. The van der Waals surface area contributed by atoms with E-state index in [1.165, 1.54) is 12.1 Å². The van der Waals surface area contributed by atoms with Crippen molar-refractivity contribution in [3.63, 3.8) is 0 Å². The molecule has 0 spiro atoms. The lowest BCUT2D eigenvalue weighted by Gasteiger charge is -2.20. The van der Waals surface area contributed by atoms with Gasteiger partial charge in [0.05, 0.1) is 11.4 Å². The minimum absolute atomic E-state index is 0. The van der Waals surface area contributed by atoms with E-state index in [1.807, 2.05) is 18.2 Å². The number of aromatic nitrogens is 4. The first kappa shape index (κ1) is 24.5. The molecule has 2 atom stereocenters. The summed E-state index contributed by atoms with van der Waals surface area (Å²) in [4.78, 5) is 31.8. The van der Waals surface area contributed by atoms with Crippen LogP contribution in [0, 0.1) is 5.82 Å². The van der Waals surface area contributed by atoms with Crippen LogP contribution in [0.2, 0.25) is 0 Å². The van der Waals surface area contributed by atoms with Gasteiger partial charge in [-0.15, -0.1) is 12.4 Å². The van der Waals surface area contributed by atoms with Crippen molar-refractivity contribution in [1.29, 1.82) is 0 Å². The Kier molecular flexibility index (Phi) is 8.27. The van der Waals surface area contributed by atoms with Gasteiger partial charge in [0, 0.05) is 63.6 Å². The molecule has 1 aliphatic rings. The lowest BCUT2D eigenvalue weighted by Crippen LogP contribution is -2.35. The van der Waals surface area contributed by atoms with Gasteiger partial charge >= 0.3 is 0 Å². The van der Waals surface area contributed by atoms with E-state index in [1.54, 1.807) is 25.5 Å². The number of nitrogens with one attached hydrogen (secondary N) is 1. The smallest absolute Gasteiger partial charge is 0.217 e. The molecule has 33 heavy (non-hydrogen) atoms. The van der Waals surface area contributed by atoms with Crippen molar-refractivity contribution < 1.29 is 9.18 Å². The Morgan fingerprint density at radius 2 is 2.00 bits per heavy atom. The standard InChI is InChI=1S/C24H27FN6O.ClH/c1-16(18-3-5-19(25)6-4-18)11-23-29-21(12-22-14-26-8-9-27-22)13-24(30-23)31-10-7-20(15-31)28-17(2)32;/h3-6,8-9,13-14,16,20H,7,10-12,15H2,1-2H3,(H,28,32);1H/t16-,20+;/m1./s1. The lowest BCUT2D eigenvalue weighted by atomic mass is 9.97. The zero-order valence-corrected chi connectivity index (χ0v) is 19.6. The highest BCUT2D eigenvalue weighted by atomic mass is 35.5. The molecule has 3 heterocycles. The first-order chi connectivity index (χ1) is 15.5. The second kappa shape index (κ2) is 11.1. The maximum Gasteiger partial charge on any atom is 0.217 e. The summed E-state index contributed by atoms with van der Waals surface area (Å²) in [7, 11) is 0. The highest BCUT2D eigenvalue weighted by Crippen LogP contribution is 2.24. The quantitative estimate of drug-likeness (QED) is 0.569. The van der Waals surface area contributed by atoms with E-state index in [9.17, 15) is 9.18 Å². The number of anilines is 1. The summed E-state index contributed by atoms with van der Waals surface area (Å²) < 4.78 is 13.3. The van der Waals surface area contributed by atoms with Gasteiger partial charge in [-0.3, -0.25) is 14.8 Å². The number of carbonyl (C=O) groups is 1. The van der Waals surface area contributed by atoms with Crippen LogP contribution < -0.4 is 10.2 Å². The summed E-state index contributed by atoms with van der Waals surface area (Å²) in [6, 6.07) is 8.69. The van der Waals surface area contributed by atoms with Crippen LogP contribution in [-0.2, 0) is 17.6 Å². The molecule has 1 aliphatic heterocycles. The number of benzene rings is 1. The van der Waals surface area contributed by atoms with E-state index >= 15 is 0 Å². The minimum Gasteiger partial charge on any atom is -0.354 e. The molecule has 0 radical (unpaired) electrons. The number of amides is 1. The molecular formula is C24H28ClFN6O. The number of hydrogen-bond acceptors (Lipinski definition) is 6. The van der Waals surface area contributed by atoms with Crippen molar-refractivity contribution >= 4 is 24.1 Å². The van der Waals surface area contributed by atoms with Crippen LogP contribution in [0.1, 0.15) is 49.0 Å². The number of hydrogen-bond donors (Lipinski definition) is 1. The van der Waals surface area contributed by atoms with E-state index in [4.69, 9.17) is 9.97 Å². The molecule has 174 valence electrons. The van der Waals surface area contributed by atoms with Crippen LogP contribution in [-0.4, -0.2) is 45.0 Å². The highest BCUT2D eigenvalue weighted by Gasteiger charge is 2.25. The normalized spacial score (nSPS) is 16.2. The van der Waals surface area contributed by atoms with Gasteiger partial charge in [-0.25, -0.2) is 14.4 Å². The Labute approximate surface area is 199 Å². The predicted molar refractivity (Wildman–Crippen MR) is 127 cm³/mol. The molecule has 0 saturated carbocycles. The lowest BCUT2D eigenvalue weighted by molar-refractivity contribution is -0.119. The van der Waals surface area contributed by atoms with Crippen molar-refractivity contribution in [3.8, 4) is 0 Å². The second-order valence-corrected chi connectivity index (χ2v) is 8.30. The summed E-state index contributed by atoms with van der Waals surface area (Å²) in [5.74, 6) is 1.47. The van der Waals surface area contributed by atoms with E-state index in [0.717, 1.165) is 41.6 Å². The van der Waals surface area contributed by atoms with E-state index in [2.05, 4.69) is 27.1 Å². The summed E-state index contributed by atoms with van der Waals surface area (Å²) >= 11 is 0. The predicted octanol–water partition coefficient (Wildman–Crippen LogP) is 3.48. The number of nitrogens with zero attached hydrogens (tertiary/aromatic N) is 5. The van der Waals surface area contributed by atoms with Gasteiger partial charge in [-0.2, -0.15) is 0 Å². The first-order valence-electron chi connectivity index (χ1n) is 10.9. The topological polar surface area (TPSA) is 83.9 Å². The first-order valence-corrected chi connectivity index (χ1v) is 10.9. The highest BCUT2D eigenvalue weighted by molar-refractivity contribution is 5.85. The van der Waals surface area contributed by atoms with Crippen LogP contribution in [0.4, 0.5) is 10.2 Å². The molecule has 1 fully saturated rings. The van der Waals surface area contributed by atoms with Gasteiger partial charge in [0.15, 0.2) is 0 Å². The fourth-order valence-corrected chi connectivity index (χ4v) is 4.04. The van der Waals surface area contributed by atoms with Crippen molar-refractivity contribution in [1.82, 2.24) is 25.3 Å². The Bertz CT molecular complexity index is 1070. The molecule has 1 saturated heterocycles. The number of halogens is 2. The Morgan fingerprint density at radius 1 is 1.21 bits per heavy atom. The average molecular weight is 471 g/mol. The summed E-state index contributed by atoms with van der Waals surface area (Å²) in [5, 5.41) is 3.00. The van der Waals surface area contributed by atoms with Crippen LogP contribution >= 0.6 is 12.4 Å². The maximum absolute atomic E-state index is 13.3. The average Bonchev–Trinajstić information content (AvgIpc) is 3.22. The van der Waals surface area contributed by atoms with E-state index < -0.39 is 0 Å². The molecule has 1 aromatic carbocycles. The van der Waals surface area contributed by atoms with Gasteiger partial charge in [0.1, 0.15) is 17.5 Å². The third kappa shape index (κ3) is 6.68. The SMILES string of the molecule is CC(=O)N[C@H]1CCN(c2cc(Cc3cnccn3)nc(C[C@@H](C)c3ccc(F)cc3)n2)C1.Cl. The number of rotatable bonds is 7. The van der Waals surface area contributed by atoms with Crippen LogP contribution in [0.3, 0.4) is 0 Å². The molecule has 9 heteroatoms. The fourth-order valence-electron chi connectivity index (χ4n) is 4.04. The summed E-state index contributed by atoms with van der Waals surface area (Å²) in [6.07, 6.45) is 7.14. The van der Waals surface area contributed by atoms with Gasteiger partial charge in [-0.05, 0) is 30.0 Å². The van der Waals surface area contributed by atoms with E-state index in [0.29, 0.717) is 19.4 Å². The Morgan fingerprint density at radius 3 is 2.70 bits per heavy atom. The molecule has 3 aromatic rings. The zero-order chi connectivity index (χ0) is 22.5. The number of carbonyl (C=O) groups excluding carboxylic acids is 1. The molecule has 2 aromatic heterocycles. The largest absolute Gasteiger partial charge is 0.354 e. The zero-order valence-electron chi connectivity index (χ0n) is 18.7. The van der Waals surface area contributed by atoms with Crippen molar-refractivity contribution in [3.05, 3.63) is 77.5 Å². The van der Waals surface area contributed by atoms with Crippen molar-refractivity contribution in [2.75, 3.05) is 18.0 Å². The summed E-state index contributed by atoms with van der Waals surface area (Å²) in [6.45, 7) is 5.17. The molecule has 1 amide bonds. The fraction of sp³-hybridized carbons (Fsp3) is 0.375. The van der Waals surface area contributed by atoms with Crippen molar-refractivity contribution in [2.45, 2.75) is 45.1 Å². The molecule has 7 nitrogen and oxygen atoms in total. The van der Waals surface area contributed by atoms with Crippen molar-refractivity contribution in [2.24, 2.45) is 0 Å². The minimum atomic E-state index is -0.242. The van der Waals surface area contributed by atoms with Crippen LogP contribution in [0.5, 0.6) is 0 Å². The van der Waals surface area contributed by atoms with Gasteiger partial charge in [0.2, 0.25) is 5.91 Å². The third-order valence-electron chi connectivity index (χ3n) is 5.64. The second-order valence-electron chi connectivity index (χ2n) is 8.30. The molecule has 0 aliphatic carbocycles. The molecule has 0 unspecified atom stereocenters. The van der Waals surface area contributed by atoms with Crippen LogP contribution in [0.15, 0.2) is 48.9 Å². The monoisotopic (exact) mass is 470 g/mol. The van der Waals surface area contributed by atoms with Gasteiger partial charge < -0.3 is 10.2 Å². The molecular weight excluding hydrogens is 443 g/mol. The maximum atomic E-state index is 13.3. The molecule has 4 rings (SSSR count). The summed E-state index contributed by atoms with van der Waals surface area (Å²) in [5.41, 5.74) is 2.76. The van der Waals surface area contributed by atoms with E-state index in [-0.39, 0.29) is 36.1 Å². The molecule has 0 bridgehead atoms. The Balaban J connectivity index is 0.00000306. The van der Waals surface area contributed by atoms with Crippen LogP contribution in [0.25, 0.3) is 0 Å².